The van der Waals surface area contributed by atoms with E-state index in [4.69, 9.17) is 10.8 Å². The molecule has 0 bridgehead atoms. The predicted octanol–water partition coefficient (Wildman–Crippen LogP) is 0.195. The van der Waals surface area contributed by atoms with Crippen LogP contribution in [0.1, 0.15) is 39.0 Å². The molecule has 3 amide bonds. The van der Waals surface area contributed by atoms with Gasteiger partial charge in [-0.3, -0.25) is 4.79 Å². The Kier molecular flexibility index (Phi) is 8.34. The molecule has 7 nitrogen and oxygen atoms in total. The van der Waals surface area contributed by atoms with Crippen LogP contribution in [0.3, 0.4) is 0 Å². The molecule has 0 aliphatic carbocycles. The number of unbranched alkanes of at least 4 members (excludes halogenated alkanes) is 1. The maximum atomic E-state index is 11.4. The first kappa shape index (κ1) is 16.2. The van der Waals surface area contributed by atoms with Gasteiger partial charge in [-0.1, -0.05) is 13.3 Å². The molecule has 5 N–H and O–H groups in total. The average Bonchev–Trinajstić information content (AvgIpc) is 2.27. The summed E-state index contributed by atoms with van der Waals surface area (Å²) in [5.41, 5.74) is 4.96. The van der Waals surface area contributed by atoms with E-state index in [0.717, 1.165) is 0 Å². The summed E-state index contributed by atoms with van der Waals surface area (Å²) in [6.45, 7) is 2.23. The Labute approximate surface area is 106 Å². The number of aliphatic carboxylic acids is 1. The zero-order valence-electron chi connectivity index (χ0n) is 10.6. The molecule has 1 atom stereocenters. The second-order valence-electron chi connectivity index (χ2n) is 4.00. The quantitative estimate of drug-likeness (QED) is 0.442. The summed E-state index contributed by atoms with van der Waals surface area (Å²) in [7, 11) is 0. The Morgan fingerprint density at radius 3 is 2.44 bits per heavy atom. The van der Waals surface area contributed by atoms with E-state index >= 15 is 0 Å². The van der Waals surface area contributed by atoms with Crippen LogP contribution >= 0.6 is 0 Å². The first-order valence-corrected chi connectivity index (χ1v) is 6.02. The number of rotatable bonds is 9. The molecule has 0 unspecified atom stereocenters. The van der Waals surface area contributed by atoms with Crippen molar-refractivity contribution in [3.63, 3.8) is 0 Å². The minimum Gasteiger partial charge on any atom is -0.480 e. The van der Waals surface area contributed by atoms with Crippen LogP contribution in [0.25, 0.3) is 0 Å². The van der Waals surface area contributed by atoms with Gasteiger partial charge in [0.15, 0.2) is 0 Å². The zero-order chi connectivity index (χ0) is 14.0. The maximum absolute atomic E-state index is 11.4. The number of nitrogens with one attached hydrogen (secondary N) is 2. The van der Waals surface area contributed by atoms with E-state index in [9.17, 15) is 14.4 Å². The predicted molar refractivity (Wildman–Crippen MR) is 65.9 cm³/mol. The van der Waals surface area contributed by atoms with Crippen molar-refractivity contribution < 1.29 is 19.5 Å². The molecule has 0 aromatic rings. The van der Waals surface area contributed by atoms with Gasteiger partial charge in [0.25, 0.3) is 0 Å². The van der Waals surface area contributed by atoms with Crippen molar-refractivity contribution in [1.29, 1.82) is 0 Å². The Morgan fingerprint density at radius 2 is 1.94 bits per heavy atom. The molecule has 0 aromatic heterocycles. The van der Waals surface area contributed by atoms with Crippen LogP contribution < -0.4 is 16.4 Å². The number of urea groups is 1. The molecule has 18 heavy (non-hydrogen) atoms. The summed E-state index contributed by atoms with van der Waals surface area (Å²) in [5.74, 6) is -1.41. The highest BCUT2D eigenvalue weighted by molar-refractivity contribution is 5.82. The maximum Gasteiger partial charge on any atom is 0.326 e. The van der Waals surface area contributed by atoms with Crippen molar-refractivity contribution in [2.75, 3.05) is 6.54 Å². The number of carbonyl (C=O) groups is 3. The Hall–Kier alpha value is -1.79. The SMILES string of the molecule is CCC[C@@H](NC(=O)NCCCCC(N)=O)C(=O)O. The summed E-state index contributed by atoms with van der Waals surface area (Å²) in [5, 5.41) is 13.7. The van der Waals surface area contributed by atoms with Gasteiger partial charge in [-0.2, -0.15) is 0 Å². The molecular weight excluding hydrogens is 238 g/mol. The van der Waals surface area contributed by atoms with Crippen LogP contribution in [0, 0.1) is 0 Å². The van der Waals surface area contributed by atoms with Gasteiger partial charge in [0.1, 0.15) is 6.04 Å². The number of amides is 3. The van der Waals surface area contributed by atoms with E-state index in [1.54, 1.807) is 0 Å². The highest BCUT2D eigenvalue weighted by atomic mass is 16.4. The van der Waals surface area contributed by atoms with Crippen LogP contribution in [0.4, 0.5) is 4.79 Å². The number of carboxylic acids is 1. The second kappa shape index (κ2) is 9.26. The van der Waals surface area contributed by atoms with Crippen LogP contribution in [0.5, 0.6) is 0 Å². The van der Waals surface area contributed by atoms with E-state index in [2.05, 4.69) is 10.6 Å². The third-order valence-electron chi connectivity index (χ3n) is 2.32. The lowest BCUT2D eigenvalue weighted by Gasteiger charge is -2.14. The van der Waals surface area contributed by atoms with E-state index in [0.29, 0.717) is 32.2 Å². The van der Waals surface area contributed by atoms with E-state index < -0.39 is 18.0 Å². The molecular formula is C11H21N3O4. The number of hydrogen-bond donors (Lipinski definition) is 4. The summed E-state index contributed by atoms with van der Waals surface area (Å²) >= 11 is 0. The molecule has 0 aliphatic rings. The third-order valence-corrected chi connectivity index (χ3v) is 2.32. The third kappa shape index (κ3) is 8.37. The van der Waals surface area contributed by atoms with Crippen molar-refractivity contribution in [2.45, 2.75) is 45.1 Å². The minimum absolute atomic E-state index is 0.289. The minimum atomic E-state index is -1.04. The normalized spacial score (nSPS) is 11.6. The summed E-state index contributed by atoms with van der Waals surface area (Å²) in [6.07, 6.45) is 2.59. The molecule has 0 aliphatic heterocycles. The molecule has 104 valence electrons. The van der Waals surface area contributed by atoms with Crippen molar-refractivity contribution in [3.8, 4) is 0 Å². The van der Waals surface area contributed by atoms with Crippen molar-refractivity contribution in [3.05, 3.63) is 0 Å². The van der Waals surface area contributed by atoms with Gasteiger partial charge in [-0.15, -0.1) is 0 Å². The topological polar surface area (TPSA) is 122 Å². The molecule has 0 saturated heterocycles. The zero-order valence-corrected chi connectivity index (χ0v) is 10.6. The molecule has 0 rings (SSSR count). The van der Waals surface area contributed by atoms with Gasteiger partial charge in [-0.25, -0.2) is 9.59 Å². The Balaban J connectivity index is 3.74. The fourth-order valence-corrected chi connectivity index (χ4v) is 1.38. The molecule has 0 fully saturated rings. The summed E-state index contributed by atoms with van der Waals surface area (Å²) < 4.78 is 0. The van der Waals surface area contributed by atoms with Gasteiger partial charge < -0.3 is 21.5 Å². The highest BCUT2D eigenvalue weighted by Gasteiger charge is 2.18. The van der Waals surface area contributed by atoms with Crippen molar-refractivity contribution in [1.82, 2.24) is 10.6 Å². The number of primary amides is 1. The highest BCUT2D eigenvalue weighted by Crippen LogP contribution is 1.97. The Morgan fingerprint density at radius 1 is 1.28 bits per heavy atom. The van der Waals surface area contributed by atoms with Gasteiger partial charge in [0, 0.05) is 13.0 Å². The second-order valence-corrected chi connectivity index (χ2v) is 4.00. The van der Waals surface area contributed by atoms with Crippen LogP contribution in [0.15, 0.2) is 0 Å². The van der Waals surface area contributed by atoms with Crippen molar-refractivity contribution >= 4 is 17.9 Å². The van der Waals surface area contributed by atoms with Crippen LogP contribution in [0.2, 0.25) is 0 Å². The Bertz CT molecular complexity index is 294. The first-order valence-electron chi connectivity index (χ1n) is 6.02. The molecule has 0 spiro atoms. The smallest absolute Gasteiger partial charge is 0.326 e. The lowest BCUT2D eigenvalue weighted by molar-refractivity contribution is -0.139. The number of carbonyl (C=O) groups excluding carboxylic acids is 2. The number of hydrogen-bond acceptors (Lipinski definition) is 3. The van der Waals surface area contributed by atoms with Gasteiger partial charge >= 0.3 is 12.0 Å². The number of carboxylic acid groups (broad SMARTS) is 1. The van der Waals surface area contributed by atoms with E-state index in [1.807, 2.05) is 6.92 Å². The van der Waals surface area contributed by atoms with E-state index in [1.165, 1.54) is 0 Å². The largest absolute Gasteiger partial charge is 0.480 e. The first-order chi connectivity index (χ1) is 8.47. The summed E-state index contributed by atoms with van der Waals surface area (Å²) in [4.78, 5) is 32.6. The van der Waals surface area contributed by atoms with Gasteiger partial charge in [0.05, 0.1) is 0 Å². The van der Waals surface area contributed by atoms with Crippen LogP contribution in [-0.4, -0.2) is 35.6 Å². The molecule has 7 heteroatoms. The summed E-state index contributed by atoms with van der Waals surface area (Å²) in [6, 6.07) is -1.37. The molecule has 0 radical (unpaired) electrons. The van der Waals surface area contributed by atoms with Crippen molar-refractivity contribution in [2.24, 2.45) is 5.73 Å². The van der Waals surface area contributed by atoms with Crippen LogP contribution in [-0.2, 0) is 9.59 Å². The molecule has 0 aromatic carbocycles. The lowest BCUT2D eigenvalue weighted by atomic mass is 10.2. The number of nitrogens with two attached hydrogens (primary N) is 1. The fourth-order valence-electron chi connectivity index (χ4n) is 1.38. The fraction of sp³-hybridized carbons (Fsp3) is 0.727. The van der Waals surface area contributed by atoms with E-state index in [-0.39, 0.29) is 12.3 Å². The van der Waals surface area contributed by atoms with Gasteiger partial charge in [-0.05, 0) is 19.3 Å². The monoisotopic (exact) mass is 259 g/mol. The average molecular weight is 259 g/mol. The lowest BCUT2D eigenvalue weighted by Crippen LogP contribution is -2.46. The standard InChI is InChI=1S/C11H21N3O4/c1-2-5-8(10(16)17)14-11(18)13-7-4-3-6-9(12)15/h8H,2-7H2,1H3,(H2,12,15)(H,16,17)(H2,13,14,18)/t8-/m1/s1. The molecule has 0 saturated carbocycles. The van der Waals surface area contributed by atoms with Gasteiger partial charge in [0.2, 0.25) is 5.91 Å². The molecule has 0 heterocycles.